The zero-order valence-corrected chi connectivity index (χ0v) is 15.5. The van der Waals surface area contributed by atoms with Gasteiger partial charge in [-0.05, 0) is 45.4 Å². The summed E-state index contributed by atoms with van der Waals surface area (Å²) in [6.45, 7) is 12.6. The van der Waals surface area contributed by atoms with E-state index in [9.17, 15) is 0 Å². The fourth-order valence-corrected chi connectivity index (χ4v) is 2.80. The molecule has 0 rings (SSSR count). The van der Waals surface area contributed by atoms with Crippen LogP contribution in [-0.2, 0) is 14.2 Å². The van der Waals surface area contributed by atoms with Crippen LogP contribution in [0.1, 0.15) is 73.1 Å². The minimum absolute atomic E-state index is 0.0789. The number of hydrogen-bond acceptors (Lipinski definition) is 3. The van der Waals surface area contributed by atoms with Gasteiger partial charge in [0, 0.05) is 20.8 Å². The Bertz CT molecular complexity index is 257. The quantitative estimate of drug-likeness (QED) is 0.488. The van der Waals surface area contributed by atoms with Gasteiger partial charge in [-0.2, -0.15) is 0 Å². The first-order valence-corrected chi connectivity index (χ1v) is 8.52. The van der Waals surface area contributed by atoms with E-state index in [2.05, 4.69) is 34.6 Å². The maximum absolute atomic E-state index is 6.16. The predicted molar refractivity (Wildman–Crippen MR) is 89.9 cm³/mol. The molecule has 0 aromatic heterocycles. The summed E-state index contributed by atoms with van der Waals surface area (Å²) in [5.41, 5.74) is -0.163. The molecule has 0 bridgehead atoms. The molecule has 0 N–H and O–H groups in total. The Hall–Kier alpha value is -0.120. The molecule has 0 spiro atoms. The van der Waals surface area contributed by atoms with E-state index in [1.54, 1.807) is 7.11 Å². The molecule has 21 heavy (non-hydrogen) atoms. The van der Waals surface area contributed by atoms with Crippen molar-refractivity contribution in [3.05, 3.63) is 0 Å². The number of rotatable bonds is 13. The van der Waals surface area contributed by atoms with Crippen LogP contribution in [0.5, 0.6) is 0 Å². The van der Waals surface area contributed by atoms with Crippen molar-refractivity contribution in [3.63, 3.8) is 0 Å². The molecule has 3 unspecified atom stereocenters. The molecule has 0 amide bonds. The highest BCUT2D eigenvalue weighted by atomic mass is 16.5. The van der Waals surface area contributed by atoms with Crippen LogP contribution in [0.3, 0.4) is 0 Å². The highest BCUT2D eigenvalue weighted by Crippen LogP contribution is 2.28. The van der Waals surface area contributed by atoms with Crippen LogP contribution in [0.2, 0.25) is 0 Å². The van der Waals surface area contributed by atoms with Crippen LogP contribution in [0.4, 0.5) is 0 Å². The summed E-state index contributed by atoms with van der Waals surface area (Å²) in [4.78, 5) is 0. The molecule has 3 heteroatoms. The van der Waals surface area contributed by atoms with E-state index in [-0.39, 0.29) is 11.2 Å². The van der Waals surface area contributed by atoms with Crippen LogP contribution >= 0.6 is 0 Å². The van der Waals surface area contributed by atoms with Gasteiger partial charge < -0.3 is 14.2 Å². The van der Waals surface area contributed by atoms with Crippen LogP contribution in [-0.4, -0.2) is 38.6 Å². The Morgan fingerprint density at radius 1 is 0.952 bits per heavy atom. The molecule has 0 saturated carbocycles. The minimum atomic E-state index is -0.0836. The van der Waals surface area contributed by atoms with Crippen molar-refractivity contribution in [3.8, 4) is 0 Å². The molecule has 0 aromatic carbocycles. The molecule has 0 saturated heterocycles. The molecule has 0 fully saturated rings. The highest BCUT2D eigenvalue weighted by Gasteiger charge is 2.28. The van der Waals surface area contributed by atoms with Crippen molar-refractivity contribution in [2.24, 2.45) is 5.92 Å². The third kappa shape index (κ3) is 8.80. The first-order valence-electron chi connectivity index (χ1n) is 8.52. The SMILES string of the molecule is CCCC(C)CC(C)(CCOC(C)(CC)CCOC)OC. The average molecular weight is 302 g/mol. The standard InChI is InChI=1S/C18H38O3/c1-8-10-16(3)15-18(5,20-7)12-14-21-17(4,9-2)11-13-19-6/h16H,8-15H2,1-7H3. The van der Waals surface area contributed by atoms with Crippen LogP contribution in [0, 0.1) is 5.92 Å². The van der Waals surface area contributed by atoms with Gasteiger partial charge >= 0.3 is 0 Å². The van der Waals surface area contributed by atoms with E-state index in [0.29, 0.717) is 5.92 Å². The molecule has 0 aromatic rings. The smallest absolute Gasteiger partial charge is 0.0675 e. The lowest BCUT2D eigenvalue weighted by molar-refractivity contribution is -0.0882. The third-order valence-electron chi connectivity index (χ3n) is 4.72. The summed E-state index contributed by atoms with van der Waals surface area (Å²) < 4.78 is 17.1. The lowest BCUT2D eigenvalue weighted by Crippen LogP contribution is -2.35. The van der Waals surface area contributed by atoms with E-state index in [0.717, 1.165) is 38.9 Å². The van der Waals surface area contributed by atoms with Crippen molar-refractivity contribution in [2.45, 2.75) is 84.3 Å². The summed E-state index contributed by atoms with van der Waals surface area (Å²) in [7, 11) is 3.57. The maximum atomic E-state index is 6.16. The molecule has 0 aliphatic carbocycles. The Morgan fingerprint density at radius 3 is 2.05 bits per heavy atom. The summed E-state index contributed by atoms with van der Waals surface area (Å²) in [6, 6.07) is 0. The Kier molecular flexibility index (Phi) is 10.5. The second-order valence-electron chi connectivity index (χ2n) is 6.90. The van der Waals surface area contributed by atoms with Gasteiger partial charge in [-0.15, -0.1) is 0 Å². The Labute approximate surface area is 132 Å². The molecule has 0 heterocycles. The summed E-state index contributed by atoms with van der Waals surface area (Å²) in [5.74, 6) is 0.700. The number of ether oxygens (including phenoxy) is 3. The summed E-state index contributed by atoms with van der Waals surface area (Å²) >= 11 is 0. The molecule has 128 valence electrons. The fraction of sp³-hybridized carbons (Fsp3) is 1.00. The molecule has 0 aliphatic heterocycles. The first-order chi connectivity index (χ1) is 9.84. The van der Waals surface area contributed by atoms with Gasteiger partial charge in [0.05, 0.1) is 17.8 Å². The van der Waals surface area contributed by atoms with E-state index < -0.39 is 0 Å². The second-order valence-corrected chi connectivity index (χ2v) is 6.90. The average Bonchev–Trinajstić information content (AvgIpc) is 2.45. The van der Waals surface area contributed by atoms with E-state index >= 15 is 0 Å². The molecule has 3 nitrogen and oxygen atoms in total. The van der Waals surface area contributed by atoms with E-state index in [1.165, 1.54) is 12.8 Å². The zero-order chi connectivity index (χ0) is 16.4. The largest absolute Gasteiger partial charge is 0.385 e. The molecule has 0 radical (unpaired) electrons. The molecule has 0 aliphatic rings. The van der Waals surface area contributed by atoms with Gasteiger partial charge in [0.2, 0.25) is 0 Å². The van der Waals surface area contributed by atoms with Gasteiger partial charge in [-0.3, -0.25) is 0 Å². The lowest BCUT2D eigenvalue weighted by atomic mass is 9.88. The van der Waals surface area contributed by atoms with Gasteiger partial charge in [0.15, 0.2) is 0 Å². The maximum Gasteiger partial charge on any atom is 0.0675 e. The van der Waals surface area contributed by atoms with Gasteiger partial charge in [-0.1, -0.05) is 33.6 Å². The fourth-order valence-electron chi connectivity index (χ4n) is 2.80. The minimum Gasteiger partial charge on any atom is -0.385 e. The van der Waals surface area contributed by atoms with Crippen molar-refractivity contribution < 1.29 is 14.2 Å². The first kappa shape index (κ1) is 20.9. The number of hydrogen-bond donors (Lipinski definition) is 0. The summed E-state index contributed by atoms with van der Waals surface area (Å²) in [6.07, 6.45) is 6.49. The van der Waals surface area contributed by atoms with Gasteiger partial charge in [-0.25, -0.2) is 0 Å². The third-order valence-corrected chi connectivity index (χ3v) is 4.72. The monoisotopic (exact) mass is 302 g/mol. The second kappa shape index (κ2) is 10.6. The molecule has 3 atom stereocenters. The molecular weight excluding hydrogens is 264 g/mol. The van der Waals surface area contributed by atoms with Crippen LogP contribution in [0.15, 0.2) is 0 Å². The highest BCUT2D eigenvalue weighted by molar-refractivity contribution is 4.79. The van der Waals surface area contributed by atoms with Crippen molar-refractivity contribution in [1.82, 2.24) is 0 Å². The zero-order valence-electron chi connectivity index (χ0n) is 15.5. The van der Waals surface area contributed by atoms with Crippen LogP contribution in [0.25, 0.3) is 0 Å². The van der Waals surface area contributed by atoms with Crippen LogP contribution < -0.4 is 0 Å². The van der Waals surface area contributed by atoms with Crippen molar-refractivity contribution in [1.29, 1.82) is 0 Å². The Morgan fingerprint density at radius 2 is 1.57 bits per heavy atom. The summed E-state index contributed by atoms with van der Waals surface area (Å²) in [5, 5.41) is 0. The van der Waals surface area contributed by atoms with Crippen molar-refractivity contribution >= 4 is 0 Å². The number of methoxy groups -OCH3 is 2. The predicted octanol–water partition coefficient (Wildman–Crippen LogP) is 4.83. The Balaban J connectivity index is 4.30. The van der Waals surface area contributed by atoms with Crippen molar-refractivity contribution in [2.75, 3.05) is 27.4 Å². The topological polar surface area (TPSA) is 27.7 Å². The normalized spacial score (nSPS) is 19.0. The van der Waals surface area contributed by atoms with E-state index in [4.69, 9.17) is 14.2 Å². The van der Waals surface area contributed by atoms with E-state index in [1.807, 2.05) is 7.11 Å². The lowest BCUT2D eigenvalue weighted by Gasteiger charge is -2.34. The van der Waals surface area contributed by atoms with Gasteiger partial charge in [0.25, 0.3) is 0 Å². The van der Waals surface area contributed by atoms with Gasteiger partial charge in [0.1, 0.15) is 0 Å². The molecular formula is C18H38O3.